The van der Waals surface area contributed by atoms with Crippen molar-refractivity contribution in [3.05, 3.63) is 82.2 Å². The molecule has 2 aromatic carbocycles. The zero-order chi connectivity index (χ0) is 29.5. The first kappa shape index (κ1) is 28.0. The number of phenolic OH excluding ortho intramolecular Hbond substituents is 1. The van der Waals surface area contributed by atoms with Crippen molar-refractivity contribution in [2.24, 2.45) is 0 Å². The third kappa shape index (κ3) is 4.45. The maximum absolute atomic E-state index is 14.0. The number of methoxy groups -OCH3 is 1. The van der Waals surface area contributed by atoms with Gasteiger partial charge in [-0.25, -0.2) is 9.59 Å². The Kier molecular flexibility index (Phi) is 7.38. The molecule has 0 spiro atoms. The van der Waals surface area contributed by atoms with E-state index in [-0.39, 0.29) is 41.6 Å². The molecular weight excluding hydrogens is 524 g/mol. The van der Waals surface area contributed by atoms with E-state index in [1.165, 1.54) is 12.1 Å². The van der Waals surface area contributed by atoms with Crippen LogP contribution in [0.25, 0.3) is 10.9 Å². The number of benzene rings is 2. The highest BCUT2D eigenvalue weighted by Gasteiger charge is 2.58. The second kappa shape index (κ2) is 10.8. The molecule has 9 heteroatoms. The number of hydrogen-bond donors (Lipinski definition) is 2. The molecule has 3 aromatic rings. The van der Waals surface area contributed by atoms with E-state index in [9.17, 15) is 19.5 Å². The molecule has 0 bridgehead atoms. The lowest BCUT2D eigenvalue weighted by Gasteiger charge is -2.46. The van der Waals surface area contributed by atoms with Gasteiger partial charge in [0.2, 0.25) is 5.54 Å². The predicted octanol–water partition coefficient (Wildman–Crippen LogP) is 4.89. The molecule has 0 saturated carbocycles. The lowest BCUT2D eigenvalue weighted by atomic mass is 9.75. The fourth-order valence-corrected chi connectivity index (χ4v) is 5.74. The quantitative estimate of drug-likeness (QED) is 0.296. The maximum Gasteiger partial charge on any atom is 0.343 e. The molecule has 9 nitrogen and oxygen atoms in total. The number of phenols is 1. The highest BCUT2D eigenvalue weighted by Crippen LogP contribution is 2.48. The number of fused-ring (bicyclic) bond motifs is 5. The van der Waals surface area contributed by atoms with Crippen LogP contribution < -0.4 is 4.74 Å². The van der Waals surface area contributed by atoms with E-state index in [2.05, 4.69) is 4.98 Å². The van der Waals surface area contributed by atoms with Crippen LogP contribution in [0.4, 0.5) is 0 Å². The molecule has 2 aliphatic rings. The third-order valence-corrected chi connectivity index (χ3v) is 7.75. The van der Waals surface area contributed by atoms with E-state index in [1.807, 2.05) is 32.0 Å². The summed E-state index contributed by atoms with van der Waals surface area (Å²) in [6.45, 7) is 7.82. The number of carbonyl (C=O) groups is 3. The van der Waals surface area contributed by atoms with E-state index < -0.39 is 23.3 Å². The SMILES string of the molecule is CCOC(=O)C1=CC(C(=O)c2cc(C(C)C)ccc2O)=CN2CCc3c([nH]c4ccc(OC)cc34)C12C(=O)OCC. The van der Waals surface area contributed by atoms with Crippen molar-refractivity contribution in [1.29, 1.82) is 0 Å². The van der Waals surface area contributed by atoms with Crippen molar-refractivity contribution >= 4 is 28.6 Å². The van der Waals surface area contributed by atoms with Gasteiger partial charge >= 0.3 is 11.9 Å². The Labute approximate surface area is 238 Å². The van der Waals surface area contributed by atoms with Crippen LogP contribution in [-0.2, 0) is 31.0 Å². The Morgan fingerprint density at radius 1 is 1.07 bits per heavy atom. The fourth-order valence-electron chi connectivity index (χ4n) is 5.74. The van der Waals surface area contributed by atoms with Gasteiger partial charge in [0.25, 0.3) is 0 Å². The molecule has 41 heavy (non-hydrogen) atoms. The topological polar surface area (TPSA) is 118 Å². The number of hydrogen-bond acceptors (Lipinski definition) is 8. The smallest absolute Gasteiger partial charge is 0.343 e. The van der Waals surface area contributed by atoms with Crippen LogP contribution in [0.3, 0.4) is 0 Å². The van der Waals surface area contributed by atoms with Gasteiger partial charge in [0, 0.05) is 29.2 Å². The molecule has 0 radical (unpaired) electrons. The molecule has 5 rings (SSSR count). The van der Waals surface area contributed by atoms with E-state index in [1.54, 1.807) is 44.2 Å². The van der Waals surface area contributed by atoms with Crippen molar-refractivity contribution in [1.82, 2.24) is 9.88 Å². The number of nitrogens with one attached hydrogen (secondary N) is 1. The van der Waals surface area contributed by atoms with Gasteiger partial charge in [-0.3, -0.25) is 4.79 Å². The summed E-state index contributed by atoms with van der Waals surface area (Å²) in [5.41, 5.74) is 1.49. The molecule has 214 valence electrons. The second-order valence-corrected chi connectivity index (χ2v) is 10.4. The van der Waals surface area contributed by atoms with Crippen molar-refractivity contribution < 1.29 is 33.7 Å². The Balaban J connectivity index is 1.75. The maximum atomic E-state index is 14.0. The molecule has 2 aliphatic heterocycles. The molecule has 0 amide bonds. The third-order valence-electron chi connectivity index (χ3n) is 7.75. The first-order chi connectivity index (χ1) is 19.7. The summed E-state index contributed by atoms with van der Waals surface area (Å²) in [4.78, 5) is 46.6. The number of aromatic hydroxyl groups is 1. The van der Waals surface area contributed by atoms with E-state index in [0.717, 1.165) is 22.0 Å². The Morgan fingerprint density at radius 3 is 2.51 bits per heavy atom. The standard InChI is InChI=1S/C32H34N2O7/c1-6-40-30(37)25-15-20(28(36)24-14-19(18(3)4)8-11-27(24)35)17-34-13-12-22-23-16-21(39-5)9-10-26(23)33-29(22)32(25,34)31(38)41-7-2/h8-11,14-18,33,35H,6-7,12-13H2,1-5H3. The van der Waals surface area contributed by atoms with Gasteiger partial charge in [-0.15, -0.1) is 0 Å². The molecule has 0 aliphatic carbocycles. The van der Waals surface area contributed by atoms with E-state index in [4.69, 9.17) is 14.2 Å². The van der Waals surface area contributed by atoms with Crippen molar-refractivity contribution in [2.75, 3.05) is 26.9 Å². The summed E-state index contributed by atoms with van der Waals surface area (Å²) in [6.07, 6.45) is 3.50. The molecular formula is C32H34N2O7. The van der Waals surface area contributed by atoms with Crippen molar-refractivity contribution in [2.45, 2.75) is 45.6 Å². The van der Waals surface area contributed by atoms with Gasteiger partial charge in [0.1, 0.15) is 11.5 Å². The highest BCUT2D eigenvalue weighted by atomic mass is 16.5. The summed E-state index contributed by atoms with van der Waals surface area (Å²) < 4.78 is 16.5. The highest BCUT2D eigenvalue weighted by molar-refractivity contribution is 6.15. The summed E-state index contributed by atoms with van der Waals surface area (Å²) >= 11 is 0. The lowest BCUT2D eigenvalue weighted by Crippen LogP contribution is -2.58. The van der Waals surface area contributed by atoms with E-state index in [0.29, 0.717) is 24.4 Å². The zero-order valence-electron chi connectivity index (χ0n) is 23.9. The molecule has 2 N–H and O–H groups in total. The normalized spacial score (nSPS) is 17.9. The number of Topliss-reactive ketones (excluding diaryl/α,β-unsaturated/α-hetero) is 1. The monoisotopic (exact) mass is 558 g/mol. The fraction of sp³-hybridized carbons (Fsp3) is 0.344. The van der Waals surface area contributed by atoms with Crippen LogP contribution in [0, 0.1) is 0 Å². The average molecular weight is 559 g/mol. The lowest BCUT2D eigenvalue weighted by molar-refractivity contribution is -0.159. The number of ketones is 1. The Hall–Kier alpha value is -4.53. The van der Waals surface area contributed by atoms with Crippen LogP contribution >= 0.6 is 0 Å². The number of H-pyrrole nitrogens is 1. The van der Waals surface area contributed by atoms with Crippen LogP contribution in [0.2, 0.25) is 0 Å². The summed E-state index contributed by atoms with van der Waals surface area (Å²) in [5, 5.41) is 11.5. The van der Waals surface area contributed by atoms with Crippen LogP contribution in [0.1, 0.15) is 60.8 Å². The van der Waals surface area contributed by atoms with Gasteiger partial charge in [-0.05, 0) is 73.7 Å². The van der Waals surface area contributed by atoms with Crippen LogP contribution in [0.5, 0.6) is 11.5 Å². The van der Waals surface area contributed by atoms with Crippen LogP contribution in [-0.4, -0.2) is 59.6 Å². The number of aromatic nitrogens is 1. The van der Waals surface area contributed by atoms with Crippen molar-refractivity contribution in [3.63, 3.8) is 0 Å². The average Bonchev–Trinajstić information content (AvgIpc) is 3.34. The summed E-state index contributed by atoms with van der Waals surface area (Å²) in [6, 6.07) is 10.5. The van der Waals surface area contributed by atoms with Gasteiger partial charge in [0.15, 0.2) is 5.78 Å². The number of aromatic amines is 1. The zero-order valence-corrected chi connectivity index (χ0v) is 23.9. The molecule has 1 aromatic heterocycles. The minimum atomic E-state index is -1.71. The van der Waals surface area contributed by atoms with Gasteiger partial charge < -0.3 is 29.2 Å². The largest absolute Gasteiger partial charge is 0.507 e. The molecule has 1 unspecified atom stereocenters. The summed E-state index contributed by atoms with van der Waals surface area (Å²) in [7, 11) is 1.59. The first-order valence-corrected chi connectivity index (χ1v) is 13.8. The van der Waals surface area contributed by atoms with Gasteiger partial charge in [-0.1, -0.05) is 19.9 Å². The number of rotatable bonds is 8. The molecule has 0 fully saturated rings. The number of carbonyl (C=O) groups excluding carboxylic acids is 3. The minimum absolute atomic E-state index is 0.0392. The number of esters is 2. The first-order valence-electron chi connectivity index (χ1n) is 13.8. The van der Waals surface area contributed by atoms with E-state index >= 15 is 0 Å². The Morgan fingerprint density at radius 2 is 1.83 bits per heavy atom. The minimum Gasteiger partial charge on any atom is -0.507 e. The number of ether oxygens (including phenoxy) is 3. The summed E-state index contributed by atoms with van der Waals surface area (Å²) in [5.74, 6) is -1.26. The molecule has 0 saturated heterocycles. The van der Waals surface area contributed by atoms with Gasteiger partial charge in [-0.2, -0.15) is 0 Å². The molecule has 1 atom stereocenters. The number of nitrogens with zero attached hydrogens (tertiary/aromatic N) is 1. The second-order valence-electron chi connectivity index (χ2n) is 10.4. The van der Waals surface area contributed by atoms with Crippen molar-refractivity contribution in [3.8, 4) is 11.5 Å². The predicted molar refractivity (Wildman–Crippen MR) is 153 cm³/mol. The number of allylic oxidation sites excluding steroid dienone is 2. The van der Waals surface area contributed by atoms with Crippen LogP contribution in [0.15, 0.2) is 59.8 Å². The van der Waals surface area contributed by atoms with Gasteiger partial charge in [0.05, 0.1) is 37.2 Å². The molecule has 3 heterocycles. The Bertz CT molecular complexity index is 1610.